The van der Waals surface area contributed by atoms with Crippen LogP contribution in [0.3, 0.4) is 0 Å². The third kappa shape index (κ3) is 4.25. The second kappa shape index (κ2) is 8.77. The van der Waals surface area contributed by atoms with Crippen molar-refractivity contribution in [2.45, 2.75) is 32.1 Å². The van der Waals surface area contributed by atoms with Gasteiger partial charge in [0.2, 0.25) is 0 Å². The van der Waals surface area contributed by atoms with E-state index in [0.29, 0.717) is 18.8 Å². The molecule has 1 aliphatic heterocycles. The van der Waals surface area contributed by atoms with Crippen molar-refractivity contribution in [2.24, 2.45) is 0 Å². The van der Waals surface area contributed by atoms with E-state index in [2.05, 4.69) is 9.97 Å². The van der Waals surface area contributed by atoms with Gasteiger partial charge in [-0.3, -0.25) is 9.78 Å². The Morgan fingerprint density at radius 2 is 1.91 bits per heavy atom. The number of piperidine rings is 1. The van der Waals surface area contributed by atoms with E-state index in [4.69, 9.17) is 0 Å². The molecule has 1 fully saturated rings. The molecule has 0 aliphatic carbocycles. The molecule has 0 saturated carbocycles. The average Bonchev–Trinajstić information content (AvgIpc) is 3.27. The number of halogens is 2. The highest BCUT2D eigenvalue weighted by atomic mass is 19.1. The van der Waals surface area contributed by atoms with Gasteiger partial charge in [0.25, 0.3) is 5.91 Å². The van der Waals surface area contributed by atoms with E-state index in [1.165, 1.54) is 18.2 Å². The SMILES string of the molecule is Cc1cccc2[nH]c(C(=O)N3CCC[C@@H](c4ccc(Cc5c(F)cccc5F)cn4)C3)cc12. The zero-order chi connectivity index (χ0) is 22.9. The standard InChI is InChI=1S/C27H25F2N3O/c1-17-5-2-9-25-20(17)14-26(31-25)27(33)32-12-4-6-19(16-32)24-11-10-18(15-30-24)13-21-22(28)7-3-8-23(21)29/h2-3,5,7-11,14-15,19,31H,4,6,12-13,16H2,1H3/t19-/m1/s1. The van der Waals surface area contributed by atoms with E-state index >= 15 is 0 Å². The quantitative estimate of drug-likeness (QED) is 0.434. The van der Waals surface area contributed by atoms with Gasteiger partial charge >= 0.3 is 0 Å². The predicted octanol–water partition coefficient (Wildman–Crippen LogP) is 5.76. The van der Waals surface area contributed by atoms with Crippen LogP contribution in [0.5, 0.6) is 0 Å². The van der Waals surface area contributed by atoms with Crippen LogP contribution in [0.4, 0.5) is 8.78 Å². The molecule has 6 heteroatoms. The normalized spacial score (nSPS) is 16.3. The maximum atomic E-state index is 14.0. The fourth-order valence-corrected chi connectivity index (χ4v) is 4.68. The van der Waals surface area contributed by atoms with Gasteiger partial charge in [-0.15, -0.1) is 0 Å². The Bertz CT molecular complexity index is 1290. The number of H-pyrrole nitrogens is 1. The van der Waals surface area contributed by atoms with Gasteiger partial charge in [0, 0.05) is 53.8 Å². The summed E-state index contributed by atoms with van der Waals surface area (Å²) in [4.78, 5) is 22.9. The van der Waals surface area contributed by atoms with Crippen LogP contribution >= 0.6 is 0 Å². The minimum atomic E-state index is -0.548. The summed E-state index contributed by atoms with van der Waals surface area (Å²) in [6.45, 7) is 3.35. The van der Waals surface area contributed by atoms with E-state index in [-0.39, 0.29) is 23.8 Å². The number of aromatic amines is 1. The first-order chi connectivity index (χ1) is 16.0. The maximum absolute atomic E-state index is 14.0. The molecular weight excluding hydrogens is 420 g/mol. The first-order valence-electron chi connectivity index (χ1n) is 11.2. The van der Waals surface area contributed by atoms with Crippen molar-refractivity contribution in [3.63, 3.8) is 0 Å². The predicted molar refractivity (Wildman–Crippen MR) is 124 cm³/mol. The van der Waals surface area contributed by atoms with E-state index in [1.54, 1.807) is 6.20 Å². The summed E-state index contributed by atoms with van der Waals surface area (Å²) >= 11 is 0. The molecule has 1 aliphatic rings. The molecule has 1 amide bonds. The molecule has 2 aromatic carbocycles. The van der Waals surface area contributed by atoms with Crippen molar-refractivity contribution in [1.82, 2.24) is 14.9 Å². The summed E-state index contributed by atoms with van der Waals surface area (Å²) in [6.07, 6.45) is 3.69. The van der Waals surface area contributed by atoms with Gasteiger partial charge in [0.15, 0.2) is 0 Å². The van der Waals surface area contributed by atoms with Crippen LogP contribution in [0.1, 0.15) is 51.6 Å². The molecule has 1 N–H and O–H groups in total. The summed E-state index contributed by atoms with van der Waals surface area (Å²) in [7, 11) is 0. The van der Waals surface area contributed by atoms with Crippen LogP contribution < -0.4 is 0 Å². The molecular formula is C27H25F2N3O. The van der Waals surface area contributed by atoms with Crippen LogP contribution in [0.15, 0.2) is 60.8 Å². The molecule has 0 spiro atoms. The molecule has 0 unspecified atom stereocenters. The maximum Gasteiger partial charge on any atom is 0.270 e. The van der Waals surface area contributed by atoms with Crippen LogP contribution in [-0.4, -0.2) is 33.9 Å². The van der Waals surface area contributed by atoms with E-state index < -0.39 is 11.6 Å². The van der Waals surface area contributed by atoms with Gasteiger partial charge < -0.3 is 9.88 Å². The molecule has 1 atom stereocenters. The number of pyridine rings is 1. The Kier molecular flexibility index (Phi) is 5.67. The first-order valence-corrected chi connectivity index (χ1v) is 11.2. The van der Waals surface area contributed by atoms with E-state index in [1.807, 2.05) is 48.2 Å². The summed E-state index contributed by atoms with van der Waals surface area (Å²) in [5, 5.41) is 1.07. The van der Waals surface area contributed by atoms with Crippen molar-refractivity contribution >= 4 is 16.8 Å². The fourth-order valence-electron chi connectivity index (χ4n) is 4.68. The Labute approximate surface area is 191 Å². The number of rotatable bonds is 4. The summed E-state index contributed by atoms with van der Waals surface area (Å²) in [5.41, 5.74) is 4.41. The number of nitrogens with zero attached hydrogens (tertiary/aromatic N) is 2. The minimum Gasteiger partial charge on any atom is -0.351 e. The Hall–Kier alpha value is -3.54. The van der Waals surface area contributed by atoms with Crippen molar-refractivity contribution in [3.05, 3.63) is 101 Å². The van der Waals surface area contributed by atoms with Gasteiger partial charge in [-0.05, 0) is 61.2 Å². The number of benzene rings is 2. The van der Waals surface area contributed by atoms with Crippen molar-refractivity contribution in [1.29, 1.82) is 0 Å². The lowest BCUT2D eigenvalue weighted by Gasteiger charge is -2.32. The van der Waals surface area contributed by atoms with Crippen molar-refractivity contribution in [3.8, 4) is 0 Å². The number of nitrogens with one attached hydrogen (secondary N) is 1. The molecule has 2 aromatic heterocycles. The highest BCUT2D eigenvalue weighted by Gasteiger charge is 2.27. The number of carbonyl (C=O) groups is 1. The largest absolute Gasteiger partial charge is 0.351 e. The Balaban J connectivity index is 1.30. The summed E-state index contributed by atoms with van der Waals surface area (Å²) in [5.74, 6) is -0.963. The monoisotopic (exact) mass is 445 g/mol. The smallest absolute Gasteiger partial charge is 0.270 e. The summed E-state index contributed by atoms with van der Waals surface area (Å²) < 4.78 is 27.9. The van der Waals surface area contributed by atoms with Crippen LogP contribution in [0.2, 0.25) is 0 Å². The molecule has 1 saturated heterocycles. The fraction of sp³-hybridized carbons (Fsp3) is 0.259. The van der Waals surface area contributed by atoms with E-state index in [9.17, 15) is 13.6 Å². The highest BCUT2D eigenvalue weighted by molar-refractivity contribution is 5.98. The van der Waals surface area contributed by atoms with Crippen LogP contribution in [0, 0.1) is 18.6 Å². The van der Waals surface area contributed by atoms with Gasteiger partial charge in [-0.1, -0.05) is 24.3 Å². The Morgan fingerprint density at radius 1 is 1.12 bits per heavy atom. The third-order valence-corrected chi connectivity index (χ3v) is 6.53. The number of fused-ring (bicyclic) bond motifs is 1. The lowest BCUT2D eigenvalue weighted by molar-refractivity contribution is 0.0701. The van der Waals surface area contributed by atoms with Crippen LogP contribution in [-0.2, 0) is 6.42 Å². The first kappa shape index (κ1) is 21.3. The number of carbonyl (C=O) groups excluding carboxylic acids is 1. The molecule has 4 aromatic rings. The molecule has 4 nitrogen and oxygen atoms in total. The number of hydrogen-bond donors (Lipinski definition) is 1. The molecule has 0 radical (unpaired) electrons. The van der Waals surface area contributed by atoms with Gasteiger partial charge in [0.05, 0.1) is 0 Å². The van der Waals surface area contributed by atoms with Crippen molar-refractivity contribution in [2.75, 3.05) is 13.1 Å². The van der Waals surface area contributed by atoms with Gasteiger partial charge in [-0.2, -0.15) is 0 Å². The second-order valence-electron chi connectivity index (χ2n) is 8.78. The number of aromatic nitrogens is 2. The molecule has 33 heavy (non-hydrogen) atoms. The third-order valence-electron chi connectivity index (χ3n) is 6.53. The number of hydrogen-bond acceptors (Lipinski definition) is 2. The lowest BCUT2D eigenvalue weighted by Crippen LogP contribution is -2.39. The number of amides is 1. The molecule has 3 heterocycles. The molecule has 168 valence electrons. The second-order valence-corrected chi connectivity index (χ2v) is 8.78. The minimum absolute atomic E-state index is 0.00180. The zero-order valence-corrected chi connectivity index (χ0v) is 18.4. The summed E-state index contributed by atoms with van der Waals surface area (Å²) in [6, 6.07) is 15.6. The molecule has 0 bridgehead atoms. The topological polar surface area (TPSA) is 49.0 Å². The van der Waals surface area contributed by atoms with Crippen LogP contribution in [0.25, 0.3) is 10.9 Å². The van der Waals surface area contributed by atoms with Crippen molar-refractivity contribution < 1.29 is 13.6 Å². The lowest BCUT2D eigenvalue weighted by atomic mass is 9.93. The zero-order valence-electron chi connectivity index (χ0n) is 18.4. The van der Waals surface area contributed by atoms with Gasteiger partial charge in [0.1, 0.15) is 17.3 Å². The average molecular weight is 446 g/mol. The van der Waals surface area contributed by atoms with Gasteiger partial charge in [-0.25, -0.2) is 8.78 Å². The highest BCUT2D eigenvalue weighted by Crippen LogP contribution is 2.28. The Morgan fingerprint density at radius 3 is 2.64 bits per heavy atom. The number of likely N-dealkylation sites (tertiary alicyclic amines) is 1. The van der Waals surface area contributed by atoms with E-state index in [0.717, 1.165) is 40.6 Å². The molecule has 5 rings (SSSR count). The number of aryl methyl sites for hydroxylation is 1.